The second-order valence-corrected chi connectivity index (χ2v) is 6.60. The van der Waals surface area contributed by atoms with Crippen molar-refractivity contribution in [3.8, 4) is 11.1 Å². The summed E-state index contributed by atoms with van der Waals surface area (Å²) in [6.45, 7) is 4.32. The number of benzene rings is 1. The van der Waals surface area contributed by atoms with Gasteiger partial charge in [-0.05, 0) is 56.9 Å². The van der Waals surface area contributed by atoms with Crippen molar-refractivity contribution in [1.29, 1.82) is 0 Å². The monoisotopic (exact) mass is 325 g/mol. The van der Waals surface area contributed by atoms with Crippen LogP contribution in [0.4, 0.5) is 0 Å². The van der Waals surface area contributed by atoms with E-state index in [2.05, 4.69) is 10.00 Å². The Balaban J connectivity index is 1.55. The predicted molar refractivity (Wildman–Crippen MR) is 98.1 cm³/mol. The summed E-state index contributed by atoms with van der Waals surface area (Å²) in [4.78, 5) is 15.2. The first-order valence-electron chi connectivity index (χ1n) is 9.18. The summed E-state index contributed by atoms with van der Waals surface area (Å²) in [5.41, 5.74) is 1.71. The molecular formula is C20H27N3O. The molecule has 0 unspecified atom stereocenters. The fraction of sp³-hybridized carbons (Fsp3) is 0.500. The lowest BCUT2D eigenvalue weighted by atomic mass is 10.1. The van der Waals surface area contributed by atoms with E-state index in [0.29, 0.717) is 6.54 Å². The molecule has 1 aromatic heterocycles. The van der Waals surface area contributed by atoms with Crippen LogP contribution in [-0.4, -0.2) is 34.3 Å². The third-order valence-corrected chi connectivity index (χ3v) is 4.79. The zero-order valence-corrected chi connectivity index (χ0v) is 14.4. The molecule has 0 spiro atoms. The molecule has 0 radical (unpaired) electrons. The molecule has 2 heterocycles. The molecule has 0 N–H and O–H groups in total. The van der Waals surface area contributed by atoms with Crippen LogP contribution in [0.25, 0.3) is 11.1 Å². The molecule has 128 valence electrons. The minimum atomic E-state index is 0.0125. The maximum Gasteiger partial charge on any atom is 0.274 e. The van der Waals surface area contributed by atoms with E-state index in [9.17, 15) is 4.79 Å². The molecule has 1 fully saturated rings. The first-order valence-corrected chi connectivity index (χ1v) is 9.18. The lowest BCUT2D eigenvalue weighted by Crippen LogP contribution is -2.27. The molecular weight excluding hydrogens is 298 g/mol. The van der Waals surface area contributed by atoms with Crippen molar-refractivity contribution >= 4 is 0 Å². The van der Waals surface area contributed by atoms with Gasteiger partial charge in [-0.2, -0.15) is 5.10 Å². The summed E-state index contributed by atoms with van der Waals surface area (Å²) < 4.78 is 1.62. The van der Waals surface area contributed by atoms with Gasteiger partial charge >= 0.3 is 0 Å². The number of likely N-dealkylation sites (tertiary alicyclic amines) is 1. The molecule has 1 saturated heterocycles. The van der Waals surface area contributed by atoms with Crippen molar-refractivity contribution in [2.45, 2.75) is 45.1 Å². The third kappa shape index (κ3) is 4.54. The van der Waals surface area contributed by atoms with E-state index in [1.54, 1.807) is 10.9 Å². The minimum Gasteiger partial charge on any atom is -0.303 e. The van der Waals surface area contributed by atoms with E-state index in [-0.39, 0.29) is 5.56 Å². The zero-order chi connectivity index (χ0) is 16.6. The van der Waals surface area contributed by atoms with Crippen LogP contribution in [0.1, 0.15) is 38.5 Å². The summed E-state index contributed by atoms with van der Waals surface area (Å²) in [5.74, 6) is 0. The second-order valence-electron chi connectivity index (χ2n) is 6.60. The zero-order valence-electron chi connectivity index (χ0n) is 14.4. The van der Waals surface area contributed by atoms with Gasteiger partial charge in [0.15, 0.2) is 0 Å². The van der Waals surface area contributed by atoms with Crippen LogP contribution in [0.15, 0.2) is 47.4 Å². The summed E-state index contributed by atoms with van der Waals surface area (Å²) in [6.07, 6.45) is 9.29. The average Bonchev–Trinajstić information content (AvgIpc) is 2.89. The Hall–Kier alpha value is -1.94. The smallest absolute Gasteiger partial charge is 0.274 e. The molecule has 0 saturated carbocycles. The number of aryl methyl sites for hydroxylation is 1. The van der Waals surface area contributed by atoms with E-state index in [1.807, 2.05) is 36.4 Å². The van der Waals surface area contributed by atoms with Crippen molar-refractivity contribution in [2.24, 2.45) is 0 Å². The normalized spacial score (nSPS) is 16.0. The molecule has 24 heavy (non-hydrogen) atoms. The van der Waals surface area contributed by atoms with Gasteiger partial charge in [0.25, 0.3) is 5.56 Å². The Bertz CT molecular complexity index is 673. The molecule has 4 heteroatoms. The van der Waals surface area contributed by atoms with Crippen molar-refractivity contribution in [3.05, 3.63) is 52.9 Å². The molecule has 4 nitrogen and oxygen atoms in total. The first-order chi connectivity index (χ1) is 11.8. The highest BCUT2D eigenvalue weighted by atomic mass is 16.1. The van der Waals surface area contributed by atoms with Crippen LogP contribution >= 0.6 is 0 Å². The molecule has 0 bridgehead atoms. The maximum atomic E-state index is 12.6. The van der Waals surface area contributed by atoms with E-state index in [1.165, 1.54) is 38.8 Å². The maximum absolute atomic E-state index is 12.6. The van der Waals surface area contributed by atoms with E-state index in [0.717, 1.165) is 30.5 Å². The van der Waals surface area contributed by atoms with Gasteiger partial charge in [-0.1, -0.05) is 43.2 Å². The quantitative estimate of drug-likeness (QED) is 0.762. The molecule has 2 aromatic rings. The Morgan fingerprint density at radius 2 is 1.58 bits per heavy atom. The number of hydrogen-bond acceptors (Lipinski definition) is 3. The van der Waals surface area contributed by atoms with Crippen LogP contribution in [0.2, 0.25) is 0 Å². The van der Waals surface area contributed by atoms with E-state index >= 15 is 0 Å². The standard InChI is InChI=1S/C20H27N3O/c24-20-19(18-10-4-3-5-11-18)12-13-21-23(20)17-9-8-16-22-14-6-1-2-7-15-22/h3-5,10-13H,1-2,6-9,14-17H2. The second kappa shape index (κ2) is 8.78. The lowest BCUT2D eigenvalue weighted by Gasteiger charge is -2.19. The van der Waals surface area contributed by atoms with Gasteiger partial charge in [0.1, 0.15) is 0 Å². The number of nitrogens with zero attached hydrogens (tertiary/aromatic N) is 3. The lowest BCUT2D eigenvalue weighted by molar-refractivity contribution is 0.275. The number of rotatable bonds is 6. The van der Waals surface area contributed by atoms with Crippen molar-refractivity contribution < 1.29 is 0 Å². The molecule has 1 aliphatic heterocycles. The average molecular weight is 325 g/mol. The number of aromatic nitrogens is 2. The highest BCUT2D eigenvalue weighted by Crippen LogP contribution is 2.13. The fourth-order valence-corrected chi connectivity index (χ4v) is 3.40. The SMILES string of the molecule is O=c1c(-c2ccccc2)ccnn1CCCCN1CCCCCC1. The molecule has 1 aromatic carbocycles. The van der Waals surface area contributed by atoms with Gasteiger partial charge in [-0.25, -0.2) is 4.68 Å². The summed E-state index contributed by atoms with van der Waals surface area (Å²) >= 11 is 0. The molecule has 1 aliphatic rings. The number of unbranched alkanes of at least 4 members (excludes halogenated alkanes) is 1. The van der Waals surface area contributed by atoms with Gasteiger partial charge in [-0.15, -0.1) is 0 Å². The summed E-state index contributed by atoms with van der Waals surface area (Å²) in [6, 6.07) is 11.6. The summed E-state index contributed by atoms with van der Waals surface area (Å²) in [7, 11) is 0. The summed E-state index contributed by atoms with van der Waals surface area (Å²) in [5, 5.41) is 4.25. The van der Waals surface area contributed by atoms with Crippen LogP contribution in [0.3, 0.4) is 0 Å². The highest BCUT2D eigenvalue weighted by Gasteiger charge is 2.09. The number of hydrogen-bond donors (Lipinski definition) is 0. The van der Waals surface area contributed by atoms with Gasteiger partial charge in [0.2, 0.25) is 0 Å². The van der Waals surface area contributed by atoms with Crippen molar-refractivity contribution in [1.82, 2.24) is 14.7 Å². The van der Waals surface area contributed by atoms with Gasteiger partial charge in [0.05, 0.1) is 5.56 Å². The molecule has 0 amide bonds. The van der Waals surface area contributed by atoms with Gasteiger partial charge < -0.3 is 4.90 Å². The Kier molecular flexibility index (Phi) is 6.19. The minimum absolute atomic E-state index is 0.0125. The van der Waals surface area contributed by atoms with Crippen LogP contribution in [0, 0.1) is 0 Å². The Labute approximate surface area is 144 Å². The highest BCUT2D eigenvalue weighted by molar-refractivity contribution is 5.61. The van der Waals surface area contributed by atoms with Gasteiger partial charge in [-0.3, -0.25) is 4.79 Å². The Morgan fingerprint density at radius 3 is 2.33 bits per heavy atom. The van der Waals surface area contributed by atoms with Crippen molar-refractivity contribution in [2.75, 3.05) is 19.6 Å². The van der Waals surface area contributed by atoms with Crippen molar-refractivity contribution in [3.63, 3.8) is 0 Å². The Morgan fingerprint density at radius 1 is 0.875 bits per heavy atom. The van der Waals surface area contributed by atoms with Crippen LogP contribution in [0.5, 0.6) is 0 Å². The van der Waals surface area contributed by atoms with E-state index in [4.69, 9.17) is 0 Å². The van der Waals surface area contributed by atoms with E-state index < -0.39 is 0 Å². The molecule has 0 atom stereocenters. The topological polar surface area (TPSA) is 38.1 Å². The van der Waals surface area contributed by atoms with Gasteiger partial charge in [0, 0.05) is 12.7 Å². The molecule has 0 aliphatic carbocycles. The first kappa shape index (κ1) is 16.9. The van der Waals surface area contributed by atoms with Crippen LogP contribution in [-0.2, 0) is 6.54 Å². The predicted octanol–water partition coefficient (Wildman–Crippen LogP) is 3.57. The molecule has 3 rings (SSSR count). The fourth-order valence-electron chi connectivity index (χ4n) is 3.40. The van der Waals surface area contributed by atoms with Crippen LogP contribution < -0.4 is 5.56 Å². The largest absolute Gasteiger partial charge is 0.303 e. The third-order valence-electron chi connectivity index (χ3n) is 4.79.